The van der Waals surface area contributed by atoms with Crippen molar-refractivity contribution in [3.63, 3.8) is 0 Å². The lowest BCUT2D eigenvalue weighted by molar-refractivity contribution is 0.338. The molecular weight excluding hydrogens is 238 g/mol. The molecule has 5 heteroatoms. The molecule has 19 heavy (non-hydrogen) atoms. The Hall–Kier alpha value is -0.940. The van der Waals surface area contributed by atoms with Crippen molar-refractivity contribution in [2.24, 2.45) is 5.92 Å². The van der Waals surface area contributed by atoms with Crippen LogP contribution in [-0.4, -0.2) is 46.1 Å². The van der Waals surface area contributed by atoms with Crippen molar-refractivity contribution in [2.45, 2.75) is 46.2 Å². The number of rotatable bonds is 5. The summed E-state index contributed by atoms with van der Waals surface area (Å²) in [5.41, 5.74) is 1.04. The van der Waals surface area contributed by atoms with E-state index in [1.165, 1.54) is 26.1 Å². The summed E-state index contributed by atoms with van der Waals surface area (Å²) in [6, 6.07) is 0. The van der Waals surface area contributed by atoms with Gasteiger partial charge in [0, 0.05) is 13.1 Å². The second-order valence-corrected chi connectivity index (χ2v) is 6.50. The van der Waals surface area contributed by atoms with E-state index >= 15 is 0 Å². The molecule has 2 heterocycles. The van der Waals surface area contributed by atoms with Gasteiger partial charge in [0.05, 0.1) is 17.4 Å². The molecule has 0 bridgehead atoms. The molecule has 1 aromatic rings. The zero-order valence-electron chi connectivity index (χ0n) is 12.7. The number of likely N-dealkylation sites (tertiary alicyclic amines) is 1. The maximum atomic E-state index is 4.22. The van der Waals surface area contributed by atoms with Gasteiger partial charge in [0.1, 0.15) is 0 Å². The number of hydrogen-bond donors (Lipinski definition) is 1. The third kappa shape index (κ3) is 4.01. The van der Waals surface area contributed by atoms with E-state index in [1.807, 2.05) is 10.9 Å². The van der Waals surface area contributed by atoms with Crippen molar-refractivity contribution >= 4 is 0 Å². The van der Waals surface area contributed by atoms with Crippen LogP contribution in [0.15, 0.2) is 6.20 Å². The Morgan fingerprint density at radius 3 is 2.79 bits per heavy atom. The third-order valence-electron chi connectivity index (χ3n) is 3.78. The van der Waals surface area contributed by atoms with Crippen molar-refractivity contribution in [3.8, 4) is 0 Å². The van der Waals surface area contributed by atoms with Gasteiger partial charge in [-0.3, -0.25) is 0 Å². The van der Waals surface area contributed by atoms with Crippen LogP contribution in [-0.2, 0) is 12.1 Å². The van der Waals surface area contributed by atoms with E-state index in [4.69, 9.17) is 0 Å². The minimum Gasteiger partial charge on any atom is -0.311 e. The Kier molecular flexibility index (Phi) is 4.58. The summed E-state index contributed by atoms with van der Waals surface area (Å²) in [6.07, 6.45) is 3.36. The number of hydrogen-bond acceptors (Lipinski definition) is 4. The Bertz CT molecular complexity index is 393. The van der Waals surface area contributed by atoms with Crippen LogP contribution in [0.3, 0.4) is 0 Å². The van der Waals surface area contributed by atoms with Crippen LogP contribution in [0.5, 0.6) is 0 Å². The molecule has 0 spiro atoms. The summed E-state index contributed by atoms with van der Waals surface area (Å²) in [7, 11) is 0. The predicted octanol–water partition coefficient (Wildman–Crippen LogP) is 1.46. The van der Waals surface area contributed by atoms with Crippen molar-refractivity contribution in [3.05, 3.63) is 11.9 Å². The van der Waals surface area contributed by atoms with Crippen LogP contribution in [0.2, 0.25) is 0 Å². The lowest BCUT2D eigenvalue weighted by atomic mass is 10.1. The molecule has 1 aliphatic heterocycles. The molecule has 1 unspecified atom stereocenters. The topological polar surface area (TPSA) is 46.0 Å². The van der Waals surface area contributed by atoms with Gasteiger partial charge in [-0.05, 0) is 52.7 Å². The quantitative estimate of drug-likeness (QED) is 0.875. The fraction of sp³-hybridized carbons (Fsp3) is 0.857. The molecule has 0 amide bonds. The highest BCUT2D eigenvalue weighted by atomic mass is 15.4. The van der Waals surface area contributed by atoms with Crippen LogP contribution in [0.1, 0.15) is 39.8 Å². The zero-order valence-corrected chi connectivity index (χ0v) is 12.7. The zero-order chi connectivity index (χ0) is 13.9. The highest BCUT2D eigenvalue weighted by Crippen LogP contribution is 2.15. The fourth-order valence-corrected chi connectivity index (χ4v) is 2.48. The van der Waals surface area contributed by atoms with Crippen LogP contribution in [0.25, 0.3) is 0 Å². The van der Waals surface area contributed by atoms with E-state index in [-0.39, 0.29) is 5.54 Å². The average molecular weight is 265 g/mol. The van der Waals surface area contributed by atoms with E-state index in [9.17, 15) is 0 Å². The smallest absolute Gasteiger partial charge is 0.0965 e. The maximum absolute atomic E-state index is 4.22. The molecule has 1 saturated heterocycles. The van der Waals surface area contributed by atoms with Gasteiger partial charge in [-0.1, -0.05) is 12.1 Å². The van der Waals surface area contributed by atoms with Crippen molar-refractivity contribution < 1.29 is 0 Å². The first-order valence-electron chi connectivity index (χ1n) is 7.34. The van der Waals surface area contributed by atoms with Crippen molar-refractivity contribution in [2.75, 3.05) is 26.2 Å². The van der Waals surface area contributed by atoms with Gasteiger partial charge in [-0.2, -0.15) is 0 Å². The number of aromatic nitrogens is 3. The van der Waals surface area contributed by atoms with E-state index in [0.717, 1.165) is 24.7 Å². The summed E-state index contributed by atoms with van der Waals surface area (Å²) in [4.78, 5) is 2.52. The van der Waals surface area contributed by atoms with Crippen LogP contribution in [0.4, 0.5) is 0 Å². The second kappa shape index (κ2) is 6.01. The molecule has 1 fully saturated rings. The molecule has 0 saturated carbocycles. The summed E-state index contributed by atoms with van der Waals surface area (Å²) in [5, 5.41) is 11.9. The Morgan fingerprint density at radius 2 is 2.21 bits per heavy atom. The van der Waals surface area contributed by atoms with E-state index < -0.39 is 0 Å². The first-order valence-corrected chi connectivity index (χ1v) is 7.34. The summed E-state index contributed by atoms with van der Waals surface area (Å²) in [5.74, 6) is 0.789. The van der Waals surface area contributed by atoms with Gasteiger partial charge in [0.15, 0.2) is 0 Å². The van der Waals surface area contributed by atoms with Gasteiger partial charge in [0.2, 0.25) is 0 Å². The first kappa shape index (κ1) is 14.5. The summed E-state index contributed by atoms with van der Waals surface area (Å²) in [6.45, 7) is 14.2. The minimum absolute atomic E-state index is 0.0122. The molecule has 0 aromatic carbocycles. The SMILES string of the molecule is CCN1CCC(CNCc2cn(C(C)(C)C)nn2)C1. The predicted molar refractivity (Wildman–Crippen MR) is 76.9 cm³/mol. The van der Waals surface area contributed by atoms with Crippen LogP contribution in [0, 0.1) is 5.92 Å². The normalized spacial score (nSPS) is 21.2. The first-order chi connectivity index (χ1) is 8.99. The highest BCUT2D eigenvalue weighted by Gasteiger charge is 2.20. The Labute approximate surface area is 116 Å². The van der Waals surface area contributed by atoms with Crippen molar-refractivity contribution in [1.29, 1.82) is 0 Å². The van der Waals surface area contributed by atoms with Crippen molar-refractivity contribution in [1.82, 2.24) is 25.2 Å². The van der Waals surface area contributed by atoms with Gasteiger partial charge >= 0.3 is 0 Å². The molecule has 108 valence electrons. The van der Waals surface area contributed by atoms with Gasteiger partial charge in [0.25, 0.3) is 0 Å². The van der Waals surface area contributed by atoms with Crippen LogP contribution < -0.4 is 5.32 Å². The van der Waals surface area contributed by atoms with E-state index in [0.29, 0.717) is 0 Å². The molecule has 1 aliphatic rings. The molecule has 0 radical (unpaired) electrons. The van der Waals surface area contributed by atoms with Crippen LogP contribution >= 0.6 is 0 Å². The second-order valence-electron chi connectivity index (χ2n) is 6.50. The minimum atomic E-state index is 0.0122. The van der Waals surface area contributed by atoms with E-state index in [1.54, 1.807) is 0 Å². The standard InChI is InChI=1S/C14H27N5/c1-5-18-7-6-12(10-18)8-15-9-13-11-19(17-16-13)14(2,3)4/h11-12,15H,5-10H2,1-4H3. The fourth-order valence-electron chi connectivity index (χ4n) is 2.48. The highest BCUT2D eigenvalue weighted by molar-refractivity contribution is 4.94. The molecular formula is C14H27N5. The Morgan fingerprint density at radius 1 is 1.42 bits per heavy atom. The monoisotopic (exact) mass is 265 g/mol. The van der Waals surface area contributed by atoms with Gasteiger partial charge in [-0.15, -0.1) is 5.10 Å². The van der Waals surface area contributed by atoms with Gasteiger partial charge < -0.3 is 10.2 Å². The maximum Gasteiger partial charge on any atom is 0.0965 e. The molecule has 1 N–H and O–H groups in total. The molecule has 1 aromatic heterocycles. The lowest BCUT2D eigenvalue weighted by Gasteiger charge is -2.17. The van der Waals surface area contributed by atoms with Gasteiger partial charge in [-0.25, -0.2) is 4.68 Å². The molecule has 5 nitrogen and oxygen atoms in total. The number of nitrogens with zero attached hydrogens (tertiary/aromatic N) is 4. The molecule has 1 atom stereocenters. The number of nitrogens with one attached hydrogen (secondary N) is 1. The average Bonchev–Trinajstić information content (AvgIpc) is 2.96. The molecule has 0 aliphatic carbocycles. The summed E-state index contributed by atoms with van der Waals surface area (Å²) >= 11 is 0. The third-order valence-corrected chi connectivity index (χ3v) is 3.78. The largest absolute Gasteiger partial charge is 0.311 e. The lowest BCUT2D eigenvalue weighted by Crippen LogP contribution is -2.26. The van der Waals surface area contributed by atoms with E-state index in [2.05, 4.69) is 48.2 Å². The Balaban J connectivity index is 1.73. The summed E-state index contributed by atoms with van der Waals surface area (Å²) < 4.78 is 1.93. The molecule has 2 rings (SSSR count).